The number of ether oxygens (including phenoxy) is 1. The van der Waals surface area contributed by atoms with Gasteiger partial charge in [-0.15, -0.1) is 0 Å². The molecule has 1 aromatic carbocycles. The van der Waals surface area contributed by atoms with E-state index in [0.29, 0.717) is 5.69 Å². The number of benzene rings is 1. The number of hydrogen-bond donors (Lipinski definition) is 1. The molecule has 1 fully saturated rings. The Morgan fingerprint density at radius 2 is 2.00 bits per heavy atom. The topological polar surface area (TPSA) is 130 Å². The van der Waals surface area contributed by atoms with Crippen LogP contribution in [0.3, 0.4) is 0 Å². The number of carbonyl (C=O) groups is 4. The van der Waals surface area contributed by atoms with E-state index in [1.54, 1.807) is 18.2 Å². The number of Topliss-reactive ketones (excluding diaryl/α,β-unsaturated/α-hetero) is 1. The van der Waals surface area contributed by atoms with Gasteiger partial charge in [0.25, 0.3) is 0 Å². The molecule has 1 aromatic heterocycles. The molecule has 2 aromatic rings. The Bertz CT molecular complexity index is 1090. The smallest absolute Gasteiger partial charge is 0.339 e. The number of para-hydroxylation sites is 1. The maximum atomic E-state index is 12.7. The second-order valence-electron chi connectivity index (χ2n) is 6.81. The number of rotatable bonds is 5. The van der Waals surface area contributed by atoms with Gasteiger partial charge in [-0.25, -0.2) is 4.79 Å². The van der Waals surface area contributed by atoms with Gasteiger partial charge in [-0.1, -0.05) is 12.1 Å². The van der Waals surface area contributed by atoms with Crippen LogP contribution in [0.4, 0.5) is 11.6 Å². The molecule has 9 heteroatoms. The molecular weight excluding hydrogens is 390 g/mol. The van der Waals surface area contributed by atoms with Crippen LogP contribution in [0.15, 0.2) is 28.7 Å². The molecule has 2 amide bonds. The second kappa shape index (κ2) is 8.21. The van der Waals surface area contributed by atoms with Crippen molar-refractivity contribution < 1.29 is 28.3 Å². The van der Waals surface area contributed by atoms with Crippen LogP contribution < -0.4 is 10.2 Å². The van der Waals surface area contributed by atoms with E-state index in [9.17, 15) is 24.4 Å². The zero-order chi connectivity index (χ0) is 22.0. The molecule has 1 saturated heterocycles. The van der Waals surface area contributed by atoms with E-state index in [2.05, 4.69) is 5.32 Å². The predicted molar refractivity (Wildman–Crippen MR) is 105 cm³/mol. The molecule has 9 nitrogen and oxygen atoms in total. The average molecular weight is 409 g/mol. The Morgan fingerprint density at radius 3 is 2.63 bits per heavy atom. The zero-order valence-corrected chi connectivity index (χ0v) is 16.6. The van der Waals surface area contributed by atoms with Crippen molar-refractivity contribution in [2.45, 2.75) is 20.3 Å². The normalized spacial score (nSPS) is 15.6. The van der Waals surface area contributed by atoms with Crippen LogP contribution in [-0.4, -0.2) is 37.2 Å². The quantitative estimate of drug-likeness (QED) is 0.593. The molecular formula is C21H19N3O6. The molecule has 1 unspecified atom stereocenters. The fourth-order valence-corrected chi connectivity index (χ4v) is 3.48. The van der Waals surface area contributed by atoms with E-state index in [-0.39, 0.29) is 53.0 Å². The van der Waals surface area contributed by atoms with Crippen LogP contribution in [0.1, 0.15) is 45.4 Å². The molecule has 0 bridgehead atoms. The molecule has 0 spiro atoms. The van der Waals surface area contributed by atoms with Gasteiger partial charge in [0.15, 0.2) is 5.78 Å². The second-order valence-corrected chi connectivity index (χ2v) is 6.81. The fourth-order valence-electron chi connectivity index (χ4n) is 3.48. The number of nitrogens with one attached hydrogen (secondary N) is 1. The monoisotopic (exact) mass is 409 g/mol. The van der Waals surface area contributed by atoms with Gasteiger partial charge in [-0.2, -0.15) is 5.26 Å². The molecule has 154 valence electrons. The lowest BCUT2D eigenvalue weighted by Crippen LogP contribution is -2.29. The van der Waals surface area contributed by atoms with Crippen molar-refractivity contribution in [2.75, 3.05) is 23.9 Å². The summed E-state index contributed by atoms with van der Waals surface area (Å²) in [6.07, 6.45) is -0.0809. The molecule has 1 aliphatic heterocycles. The van der Waals surface area contributed by atoms with Gasteiger partial charge in [0.2, 0.25) is 17.7 Å². The summed E-state index contributed by atoms with van der Waals surface area (Å²) in [4.78, 5) is 50.4. The first-order valence-electron chi connectivity index (χ1n) is 9.11. The minimum atomic E-state index is -0.735. The molecule has 30 heavy (non-hydrogen) atoms. The third-order valence-electron chi connectivity index (χ3n) is 4.88. The lowest BCUT2D eigenvalue weighted by molar-refractivity contribution is -0.122. The van der Waals surface area contributed by atoms with Gasteiger partial charge < -0.3 is 14.1 Å². The Balaban J connectivity index is 1.82. The number of amides is 2. The zero-order valence-electron chi connectivity index (χ0n) is 16.6. The van der Waals surface area contributed by atoms with Crippen molar-refractivity contribution in [1.82, 2.24) is 0 Å². The highest BCUT2D eigenvalue weighted by Crippen LogP contribution is 2.31. The largest absolute Gasteiger partial charge is 0.465 e. The Labute approximate surface area is 172 Å². The number of carbonyl (C=O) groups excluding carboxylic acids is 4. The number of ketones is 1. The highest BCUT2D eigenvalue weighted by Gasteiger charge is 2.37. The number of nitriles is 1. The third kappa shape index (κ3) is 3.67. The first kappa shape index (κ1) is 20.8. The number of esters is 1. The highest BCUT2D eigenvalue weighted by molar-refractivity contribution is 6.07. The van der Waals surface area contributed by atoms with E-state index >= 15 is 0 Å². The molecule has 1 N–H and O–H groups in total. The summed E-state index contributed by atoms with van der Waals surface area (Å²) in [6, 6.07) is 8.34. The maximum Gasteiger partial charge on any atom is 0.339 e. The summed E-state index contributed by atoms with van der Waals surface area (Å²) in [6.45, 7) is 2.87. The van der Waals surface area contributed by atoms with E-state index in [1.165, 1.54) is 31.9 Å². The van der Waals surface area contributed by atoms with E-state index in [1.807, 2.05) is 6.07 Å². The average Bonchev–Trinajstić information content (AvgIpc) is 3.26. The SMILES string of the molecule is COC(=O)c1ccccc1N1CC(C(=O)Nc2oc(C)c(C(C)=O)c2C#N)CC1=O. The van der Waals surface area contributed by atoms with Crippen LogP contribution in [0.25, 0.3) is 0 Å². The van der Waals surface area contributed by atoms with E-state index < -0.39 is 17.8 Å². The highest BCUT2D eigenvalue weighted by atomic mass is 16.5. The summed E-state index contributed by atoms with van der Waals surface area (Å²) in [7, 11) is 1.24. The van der Waals surface area contributed by atoms with Crippen LogP contribution in [0, 0.1) is 24.2 Å². The molecule has 0 radical (unpaired) electrons. The van der Waals surface area contributed by atoms with Crippen LogP contribution in [0.5, 0.6) is 0 Å². The Hall–Kier alpha value is -3.93. The minimum Gasteiger partial charge on any atom is -0.465 e. The van der Waals surface area contributed by atoms with Crippen molar-refractivity contribution in [2.24, 2.45) is 5.92 Å². The lowest BCUT2D eigenvalue weighted by Gasteiger charge is -2.19. The predicted octanol–water partition coefficient (Wildman–Crippen LogP) is 2.44. The van der Waals surface area contributed by atoms with Crippen molar-refractivity contribution in [1.29, 1.82) is 5.26 Å². The van der Waals surface area contributed by atoms with Crippen LogP contribution >= 0.6 is 0 Å². The van der Waals surface area contributed by atoms with Crippen molar-refractivity contribution in [3.63, 3.8) is 0 Å². The molecule has 0 aliphatic carbocycles. The molecule has 1 atom stereocenters. The third-order valence-corrected chi connectivity index (χ3v) is 4.88. The summed E-state index contributed by atoms with van der Waals surface area (Å²) in [5.41, 5.74) is 0.638. The van der Waals surface area contributed by atoms with E-state index in [4.69, 9.17) is 9.15 Å². The van der Waals surface area contributed by atoms with Gasteiger partial charge in [0.05, 0.1) is 29.8 Å². The number of hydrogen-bond acceptors (Lipinski definition) is 7. The fraction of sp³-hybridized carbons (Fsp3) is 0.286. The van der Waals surface area contributed by atoms with Crippen LogP contribution in [0.2, 0.25) is 0 Å². The summed E-state index contributed by atoms with van der Waals surface area (Å²) >= 11 is 0. The maximum absolute atomic E-state index is 12.7. The Kier molecular flexibility index (Phi) is 5.69. The minimum absolute atomic E-state index is 0.0415. The molecule has 3 rings (SSSR count). The standard InChI is InChI=1S/C21H19N3O6/c1-11(25)18-12(2)30-20(15(18)9-22)23-19(27)13-8-17(26)24(10-13)16-7-5-4-6-14(16)21(28)29-3/h4-7,13H,8,10H2,1-3H3,(H,23,27). The van der Waals surface area contributed by atoms with Crippen LogP contribution in [-0.2, 0) is 14.3 Å². The van der Waals surface area contributed by atoms with Gasteiger partial charge in [0.1, 0.15) is 17.4 Å². The van der Waals surface area contributed by atoms with Gasteiger partial charge in [0, 0.05) is 13.0 Å². The summed E-state index contributed by atoms with van der Waals surface area (Å²) in [5.74, 6) is -2.42. The lowest BCUT2D eigenvalue weighted by atomic mass is 10.1. The molecule has 0 saturated carbocycles. The molecule has 2 heterocycles. The number of methoxy groups -OCH3 is 1. The van der Waals surface area contributed by atoms with Gasteiger partial charge in [-0.05, 0) is 26.0 Å². The van der Waals surface area contributed by atoms with Crippen molar-refractivity contribution in [3.8, 4) is 6.07 Å². The van der Waals surface area contributed by atoms with Crippen molar-refractivity contribution >= 4 is 35.1 Å². The number of aryl methyl sites for hydroxylation is 1. The van der Waals surface area contributed by atoms with Gasteiger partial charge in [-0.3, -0.25) is 19.7 Å². The van der Waals surface area contributed by atoms with Gasteiger partial charge >= 0.3 is 5.97 Å². The van der Waals surface area contributed by atoms with E-state index in [0.717, 1.165) is 0 Å². The molecule has 1 aliphatic rings. The Morgan fingerprint density at radius 1 is 1.30 bits per heavy atom. The summed E-state index contributed by atoms with van der Waals surface area (Å²) in [5, 5.41) is 11.9. The number of nitrogens with zero attached hydrogens (tertiary/aromatic N) is 2. The number of anilines is 2. The number of furan rings is 1. The summed E-state index contributed by atoms with van der Waals surface area (Å²) < 4.78 is 10.2. The first-order chi connectivity index (χ1) is 14.3. The first-order valence-corrected chi connectivity index (χ1v) is 9.11. The van der Waals surface area contributed by atoms with Crippen molar-refractivity contribution in [3.05, 3.63) is 46.7 Å².